The Kier molecular flexibility index (Phi) is 40.9. The Morgan fingerprint density at radius 1 is 1.60 bits per heavy atom. The Labute approximate surface area is 45.0 Å². The monoisotopic (exact) mass is 169 g/mol. The van der Waals surface area contributed by atoms with Gasteiger partial charge in [0, 0.05) is 0 Å². The molecule has 0 unspecified atom stereocenters. The average Bonchev–Trinajstić information content (AvgIpc) is 1.46. The molecule has 0 saturated carbocycles. The van der Waals surface area contributed by atoms with Crippen molar-refractivity contribution >= 4 is 0 Å². The van der Waals surface area contributed by atoms with Gasteiger partial charge in [-0.3, -0.25) is 0 Å². The molecule has 0 aliphatic heterocycles. The number of hydrogen-bond acceptors (Lipinski definition) is 2. The van der Waals surface area contributed by atoms with Crippen molar-refractivity contribution in [3.05, 3.63) is 0 Å². The fourth-order valence-corrected chi connectivity index (χ4v) is 0. The fourth-order valence-electron chi connectivity index (χ4n) is 0. The summed E-state index contributed by atoms with van der Waals surface area (Å²) < 4.78 is 23.9. The molecule has 0 spiro atoms. The fraction of sp³-hybridized carbons (Fsp3) is 0. The molecule has 0 aliphatic carbocycles. The van der Waals surface area contributed by atoms with Gasteiger partial charge in [-0.15, -0.1) is 0 Å². The van der Waals surface area contributed by atoms with Gasteiger partial charge in [0.1, 0.15) is 0 Å². The summed E-state index contributed by atoms with van der Waals surface area (Å²) in [4.78, 5) is 0. The Morgan fingerprint density at radius 3 is 1.60 bits per heavy atom. The van der Waals surface area contributed by atoms with Crippen molar-refractivity contribution in [1.82, 2.24) is 0 Å². The molecule has 0 amide bonds. The molecule has 0 fully saturated rings. The third-order valence-electron chi connectivity index (χ3n) is 0. The average molecular weight is 170 g/mol. The van der Waals surface area contributed by atoms with E-state index in [0.29, 0.717) is 0 Å². The van der Waals surface area contributed by atoms with Gasteiger partial charge in [0.2, 0.25) is 0 Å². The van der Waals surface area contributed by atoms with E-state index in [1.807, 2.05) is 15.9 Å². The van der Waals surface area contributed by atoms with Gasteiger partial charge in [0.15, 0.2) is 0 Å². The van der Waals surface area contributed by atoms with Crippen LogP contribution in [0.15, 0.2) is 0 Å². The molecule has 1 N–H and O–H groups in total. The van der Waals surface area contributed by atoms with Gasteiger partial charge < -0.3 is 0 Å². The Balaban J connectivity index is 0. The predicted molar refractivity (Wildman–Crippen MR) is 3.59 cm³/mol. The molecule has 3 nitrogen and oxygen atoms in total. The van der Waals surface area contributed by atoms with Crippen LogP contribution in [-0.4, -0.2) is 3.93 Å². The second-order valence-corrected chi connectivity index (χ2v) is 0.671. The predicted octanol–water partition coefficient (Wildman–Crippen LogP) is -0.800. The molecule has 0 aromatic heterocycles. The van der Waals surface area contributed by atoms with Gasteiger partial charge in [-0.25, -0.2) is 0 Å². The van der Waals surface area contributed by atoms with E-state index in [-0.39, 0.29) is 0 Å². The molecule has 0 aliphatic rings. The Bertz CT molecular complexity index is 20.9. The third-order valence-corrected chi connectivity index (χ3v) is 0. The molecule has 0 rings (SSSR count). The maximum absolute atomic E-state index is 8.67. The Hall–Kier alpha value is 0.703. The summed E-state index contributed by atoms with van der Waals surface area (Å²) in [7, 11) is 0. The third kappa shape index (κ3) is 69.5. The van der Waals surface area contributed by atoms with E-state index in [2.05, 4.69) is 0 Å². The van der Waals surface area contributed by atoms with Crippen molar-refractivity contribution in [1.29, 1.82) is 0 Å². The van der Waals surface area contributed by atoms with Crippen LogP contribution < -0.4 is 0 Å². The van der Waals surface area contributed by atoms with Crippen LogP contribution in [0.25, 0.3) is 0 Å². The summed E-state index contributed by atoms with van der Waals surface area (Å²) in [5.74, 6) is 0. The van der Waals surface area contributed by atoms with Crippen molar-refractivity contribution < 1.29 is 44.7 Å². The van der Waals surface area contributed by atoms with Gasteiger partial charge in [-0.1, -0.05) is 0 Å². The van der Waals surface area contributed by atoms with E-state index in [1.54, 1.807) is 0 Å². The van der Waals surface area contributed by atoms with E-state index in [1.165, 1.54) is 0 Å². The van der Waals surface area contributed by atoms with Crippen LogP contribution in [0.1, 0.15) is 0 Å². The molecule has 0 radical (unpaired) electrons. The first-order chi connectivity index (χ1) is 2.41. The van der Waals surface area contributed by atoms with Crippen molar-refractivity contribution in [3.63, 3.8) is 0 Å². The first-order valence-electron chi connectivity index (χ1n) is 0.749. The van der Waals surface area contributed by atoms with Crippen molar-refractivity contribution in [2.24, 2.45) is 0 Å². The van der Waals surface area contributed by atoms with Crippen molar-refractivity contribution in [2.45, 2.75) is 0 Å². The zero-order chi connectivity index (χ0) is 4.71. The van der Waals surface area contributed by atoms with Gasteiger partial charge in [-0.2, -0.15) is 0 Å². The van der Waals surface area contributed by atoms with Gasteiger partial charge >= 0.3 is 44.7 Å². The molecule has 0 atom stereocenters. The molecule has 29 valence electrons. The van der Waals surface area contributed by atoms with Crippen LogP contribution in [-0.2, 0) is 40.8 Å². The molecule has 0 aromatic rings. The molecule has 0 aromatic carbocycles. The van der Waals surface area contributed by atoms with Crippen LogP contribution in [0, 0.1) is 0 Å². The summed E-state index contributed by atoms with van der Waals surface area (Å²) in [6.45, 7) is 0. The van der Waals surface area contributed by atoms with E-state index < -0.39 is 17.4 Å². The summed E-state index contributed by atoms with van der Waals surface area (Å²) in [5, 5.41) is 0. The molecular weight excluding hydrogens is 169 g/mol. The van der Waals surface area contributed by atoms with Crippen LogP contribution in [0.5, 0.6) is 0 Å². The minimum atomic E-state index is -2.12. The molecule has 0 heterocycles. The first kappa shape index (κ1) is 9.20. The minimum absolute atomic E-state index is 2.00. The summed E-state index contributed by atoms with van der Waals surface area (Å²) in [6.07, 6.45) is 0. The topological polar surface area (TPSA) is 54.4 Å². The van der Waals surface area contributed by atoms with Gasteiger partial charge in [0.25, 0.3) is 0 Å². The zero-order valence-corrected chi connectivity index (χ0v) is 6.40. The SMILES string of the molecule is [O]=[Fe].[O]=[Zn][OH]. The van der Waals surface area contributed by atoms with Crippen molar-refractivity contribution in [2.75, 3.05) is 0 Å². The zero-order valence-electron chi connectivity index (χ0n) is 2.32. The van der Waals surface area contributed by atoms with E-state index in [9.17, 15) is 0 Å². The summed E-state index contributed by atoms with van der Waals surface area (Å²) >= 11 is -0.125. The van der Waals surface area contributed by atoms with Gasteiger partial charge in [-0.05, 0) is 0 Å². The molecule has 0 saturated heterocycles. The normalized spacial score (nSPS) is 2.80. The van der Waals surface area contributed by atoms with E-state index >= 15 is 0 Å². The van der Waals surface area contributed by atoms with Crippen molar-refractivity contribution in [3.8, 4) is 0 Å². The molecule has 5 heavy (non-hydrogen) atoms. The summed E-state index contributed by atoms with van der Waals surface area (Å²) in [6, 6.07) is 0. The van der Waals surface area contributed by atoms with Crippen LogP contribution in [0.4, 0.5) is 0 Å². The quantitative estimate of drug-likeness (QED) is 0.484. The van der Waals surface area contributed by atoms with E-state index in [0.717, 1.165) is 0 Å². The van der Waals surface area contributed by atoms with Gasteiger partial charge in [0.05, 0.1) is 0 Å². The number of rotatable bonds is 0. The number of hydrogen-bond donors (Lipinski definition) is 1. The standard InChI is InChI=1S/Fe.H2O.2O.Zn/h;1H2;;;/q;;;;+1/p-1. The molecular formula is HFeO3Zn. The second-order valence-electron chi connectivity index (χ2n) is 0.129. The molecule has 5 heteroatoms. The maximum atomic E-state index is 8.67. The first-order valence-corrected chi connectivity index (χ1v) is 3.74. The van der Waals surface area contributed by atoms with E-state index in [4.69, 9.17) is 11.3 Å². The Morgan fingerprint density at radius 2 is 1.60 bits per heavy atom. The summed E-state index contributed by atoms with van der Waals surface area (Å²) in [5.41, 5.74) is 0. The molecule has 0 bridgehead atoms. The second kappa shape index (κ2) is 22.2. The van der Waals surface area contributed by atoms with Crippen LogP contribution >= 0.6 is 0 Å². The van der Waals surface area contributed by atoms with Crippen LogP contribution in [0.2, 0.25) is 0 Å². The van der Waals surface area contributed by atoms with Crippen LogP contribution in [0.3, 0.4) is 0 Å².